The zero-order valence-corrected chi connectivity index (χ0v) is 8.65. The molecule has 1 rings (SSSR count). The monoisotopic (exact) mass is 215 g/mol. The molecule has 0 bridgehead atoms. The topological polar surface area (TPSA) is 44.5 Å². The minimum atomic E-state index is 0.113. The summed E-state index contributed by atoms with van der Waals surface area (Å²) in [5.41, 5.74) is 6.23. The van der Waals surface area contributed by atoms with Crippen LogP contribution >= 0.6 is 24.3 Å². The van der Waals surface area contributed by atoms with Crippen molar-refractivity contribution in [3.8, 4) is 0 Å². The van der Waals surface area contributed by atoms with Crippen molar-refractivity contribution in [2.75, 3.05) is 12.8 Å². The molecule has 0 unspecified atom stereocenters. The summed E-state index contributed by atoms with van der Waals surface area (Å²) in [5.74, 6) is 0. The number of ether oxygens (including phenoxy) is 1. The van der Waals surface area contributed by atoms with Crippen LogP contribution in [0, 0.1) is 0 Å². The predicted molar refractivity (Wildman–Crippen MR) is 57.4 cm³/mol. The first-order valence-electron chi connectivity index (χ1n) is 3.50. The molecule has 13 heavy (non-hydrogen) atoms. The predicted octanol–water partition coefficient (Wildman–Crippen LogP) is 2.22. The number of nitrogen functional groups attached to an aromatic ring is 1. The van der Waals surface area contributed by atoms with Gasteiger partial charge in [0.05, 0.1) is 19.2 Å². The molecule has 70 valence electrons. The number of anilines is 1. The van der Waals surface area contributed by atoms with E-state index in [-0.39, 0.29) is 5.24 Å². The van der Waals surface area contributed by atoms with Gasteiger partial charge in [-0.15, -0.1) is 0 Å². The second kappa shape index (κ2) is 4.94. The average Bonchev–Trinajstić information content (AvgIpc) is 2.16. The molecule has 0 aromatic heterocycles. The number of hydrogen-bond donors (Lipinski definition) is 1. The summed E-state index contributed by atoms with van der Waals surface area (Å²) in [6, 6.07) is 7.28. The first kappa shape index (κ1) is 10.1. The van der Waals surface area contributed by atoms with E-state index in [0.717, 1.165) is 22.6 Å². The van der Waals surface area contributed by atoms with E-state index in [1.807, 2.05) is 12.1 Å². The van der Waals surface area contributed by atoms with Crippen LogP contribution in [0.3, 0.4) is 0 Å². The first-order chi connectivity index (χ1) is 6.22. The van der Waals surface area contributed by atoms with Gasteiger partial charge in [-0.05, 0) is 24.3 Å². The minimum Gasteiger partial charge on any atom is -0.459 e. The molecule has 0 heterocycles. The molecule has 0 radical (unpaired) electrons. The van der Waals surface area contributed by atoms with Gasteiger partial charge < -0.3 is 14.7 Å². The van der Waals surface area contributed by atoms with Crippen LogP contribution in [0.2, 0.25) is 0 Å². The number of methoxy groups -OCH3 is 1. The Morgan fingerprint density at radius 1 is 1.38 bits per heavy atom. The fourth-order valence-electron chi connectivity index (χ4n) is 0.640. The lowest BCUT2D eigenvalue weighted by Gasteiger charge is -2.02. The summed E-state index contributed by atoms with van der Waals surface area (Å²) in [5, 5.41) is 0.113. The zero-order chi connectivity index (χ0) is 9.68. The van der Waals surface area contributed by atoms with E-state index in [1.165, 1.54) is 7.11 Å². The molecule has 0 aliphatic heterocycles. The molecule has 0 spiro atoms. The number of hydrogen-bond acceptors (Lipinski definition) is 5. The minimum absolute atomic E-state index is 0.113. The molecule has 0 saturated carbocycles. The van der Waals surface area contributed by atoms with Crippen LogP contribution in [0.15, 0.2) is 29.2 Å². The number of benzene rings is 1. The molecule has 1 aromatic rings. The highest BCUT2D eigenvalue weighted by atomic mass is 32.2. The summed E-state index contributed by atoms with van der Waals surface area (Å²) in [4.78, 5) is 0.925. The molecule has 1 aromatic carbocycles. The molecule has 3 nitrogen and oxygen atoms in total. The lowest BCUT2D eigenvalue weighted by Crippen LogP contribution is -1.96. The Bertz CT molecular complexity index is 287. The van der Waals surface area contributed by atoms with E-state index < -0.39 is 0 Å². The van der Waals surface area contributed by atoms with Gasteiger partial charge in [-0.1, -0.05) is 0 Å². The van der Waals surface area contributed by atoms with Crippen molar-refractivity contribution >= 4 is 35.2 Å². The first-order valence-corrected chi connectivity index (χ1v) is 4.65. The molecular weight excluding hydrogens is 206 g/mol. The Hall–Kier alpha value is -0.940. The summed E-state index contributed by atoms with van der Waals surface area (Å²) in [6.07, 6.45) is 0. The molecular formula is C8H9NO2S2. The van der Waals surface area contributed by atoms with Gasteiger partial charge in [0.2, 0.25) is 0 Å². The van der Waals surface area contributed by atoms with Crippen molar-refractivity contribution in [1.29, 1.82) is 0 Å². The third-order valence-corrected chi connectivity index (χ3v) is 2.31. The Morgan fingerprint density at radius 2 is 2.00 bits per heavy atom. The Labute approximate surface area is 86.4 Å². The number of nitrogens with two attached hydrogens (primary N) is 1. The molecule has 0 aliphatic rings. The van der Waals surface area contributed by atoms with Gasteiger partial charge in [-0.3, -0.25) is 0 Å². The Balaban J connectivity index is 2.46. The maximum atomic E-state index is 5.51. The van der Waals surface area contributed by atoms with Crippen LogP contribution in [0.1, 0.15) is 0 Å². The van der Waals surface area contributed by atoms with E-state index in [4.69, 9.17) is 22.1 Å². The van der Waals surface area contributed by atoms with Crippen molar-refractivity contribution < 1.29 is 8.92 Å². The van der Waals surface area contributed by atoms with Crippen molar-refractivity contribution in [3.05, 3.63) is 24.3 Å². The fourth-order valence-corrected chi connectivity index (χ4v) is 1.22. The Morgan fingerprint density at radius 3 is 2.54 bits per heavy atom. The van der Waals surface area contributed by atoms with Crippen LogP contribution in [0.25, 0.3) is 0 Å². The highest BCUT2D eigenvalue weighted by molar-refractivity contribution is 7.96. The average molecular weight is 215 g/mol. The number of rotatable bonds is 2. The maximum absolute atomic E-state index is 5.51. The van der Waals surface area contributed by atoms with Crippen LogP contribution in [-0.2, 0) is 8.92 Å². The lowest BCUT2D eigenvalue weighted by molar-refractivity contribution is 0.333. The number of thiocarbonyl (C=S) groups is 1. The van der Waals surface area contributed by atoms with Crippen molar-refractivity contribution in [3.63, 3.8) is 0 Å². The molecule has 5 heteroatoms. The standard InChI is InChI=1S/C8H9NO2S2/c1-10-8(12)11-13-7-4-2-6(9)3-5-7/h2-5H,9H2,1H3. The van der Waals surface area contributed by atoms with E-state index in [2.05, 4.69) is 4.74 Å². The van der Waals surface area contributed by atoms with E-state index in [0.29, 0.717) is 0 Å². The van der Waals surface area contributed by atoms with Gasteiger partial charge in [-0.25, -0.2) is 0 Å². The van der Waals surface area contributed by atoms with E-state index >= 15 is 0 Å². The molecule has 2 N–H and O–H groups in total. The largest absolute Gasteiger partial charge is 0.459 e. The van der Waals surface area contributed by atoms with Gasteiger partial charge in [0, 0.05) is 22.8 Å². The molecule has 0 amide bonds. The van der Waals surface area contributed by atoms with Gasteiger partial charge in [-0.2, -0.15) is 0 Å². The molecule has 0 atom stereocenters. The van der Waals surface area contributed by atoms with Crippen molar-refractivity contribution in [2.45, 2.75) is 4.90 Å². The van der Waals surface area contributed by atoms with Crippen molar-refractivity contribution in [2.24, 2.45) is 0 Å². The summed E-state index contributed by atoms with van der Waals surface area (Å²) in [6.45, 7) is 0. The van der Waals surface area contributed by atoms with Crippen LogP contribution in [0.5, 0.6) is 0 Å². The summed E-state index contributed by atoms with van der Waals surface area (Å²) in [7, 11) is 1.46. The third-order valence-electron chi connectivity index (χ3n) is 1.25. The second-order valence-corrected chi connectivity index (χ2v) is 3.33. The summed E-state index contributed by atoms with van der Waals surface area (Å²) < 4.78 is 9.66. The smallest absolute Gasteiger partial charge is 0.364 e. The normalized spacial score (nSPS) is 9.31. The highest BCUT2D eigenvalue weighted by Crippen LogP contribution is 2.20. The van der Waals surface area contributed by atoms with E-state index in [1.54, 1.807) is 12.1 Å². The molecule has 0 aliphatic carbocycles. The fraction of sp³-hybridized carbons (Fsp3) is 0.125. The van der Waals surface area contributed by atoms with Gasteiger partial charge in [0.1, 0.15) is 0 Å². The van der Waals surface area contributed by atoms with Gasteiger partial charge in [0.15, 0.2) is 0 Å². The maximum Gasteiger partial charge on any atom is 0.364 e. The summed E-state index contributed by atoms with van der Waals surface area (Å²) >= 11 is 5.83. The zero-order valence-electron chi connectivity index (χ0n) is 7.02. The van der Waals surface area contributed by atoms with Crippen LogP contribution in [-0.4, -0.2) is 12.3 Å². The Kier molecular flexibility index (Phi) is 3.85. The molecule has 0 saturated heterocycles. The third kappa shape index (κ3) is 3.52. The van der Waals surface area contributed by atoms with Crippen LogP contribution in [0.4, 0.5) is 5.69 Å². The van der Waals surface area contributed by atoms with Gasteiger partial charge >= 0.3 is 5.24 Å². The van der Waals surface area contributed by atoms with Gasteiger partial charge in [0.25, 0.3) is 0 Å². The molecule has 0 fully saturated rings. The SMILES string of the molecule is COC(=S)OSc1ccc(N)cc1. The lowest BCUT2D eigenvalue weighted by atomic mass is 10.3. The highest BCUT2D eigenvalue weighted by Gasteiger charge is 1.98. The van der Waals surface area contributed by atoms with Crippen molar-refractivity contribution in [1.82, 2.24) is 0 Å². The second-order valence-electron chi connectivity index (χ2n) is 2.19. The van der Waals surface area contributed by atoms with Crippen LogP contribution < -0.4 is 5.73 Å². The quantitative estimate of drug-likeness (QED) is 0.465. The van der Waals surface area contributed by atoms with E-state index in [9.17, 15) is 0 Å².